The number of imidazole rings is 1. The van der Waals surface area contributed by atoms with Gasteiger partial charge in [-0.25, -0.2) is 19.8 Å². The van der Waals surface area contributed by atoms with Gasteiger partial charge in [0.1, 0.15) is 5.69 Å². The molecule has 9 nitrogen and oxygen atoms in total. The number of hydrogen-bond donors (Lipinski definition) is 1. The monoisotopic (exact) mass is 512 g/mol. The summed E-state index contributed by atoms with van der Waals surface area (Å²) in [5.41, 5.74) is 2.98. The molecule has 0 aliphatic carbocycles. The van der Waals surface area contributed by atoms with E-state index < -0.39 is 29.7 Å². The van der Waals surface area contributed by atoms with Gasteiger partial charge >= 0.3 is 12.2 Å². The Morgan fingerprint density at radius 1 is 1.16 bits per heavy atom. The predicted octanol–water partition coefficient (Wildman–Crippen LogP) is 4.49. The minimum Gasteiger partial charge on any atom is -0.479 e. The fraction of sp³-hybridized carbons (Fsp3) is 0.200. The van der Waals surface area contributed by atoms with Gasteiger partial charge < -0.3 is 9.30 Å². The number of methoxy groups -OCH3 is 1. The Labute approximate surface area is 210 Å². The zero-order valence-electron chi connectivity index (χ0n) is 20.1. The number of halogens is 3. The van der Waals surface area contributed by atoms with Gasteiger partial charge in [0.25, 0.3) is 5.91 Å². The number of anilines is 1. The molecule has 0 fully saturated rings. The molecule has 1 atom stereocenters. The molecular weight excluding hydrogens is 489 g/mol. The van der Waals surface area contributed by atoms with Crippen molar-refractivity contribution < 1.29 is 27.5 Å². The number of carbonyl (C=O) groups is 2. The van der Waals surface area contributed by atoms with Crippen LogP contribution in [0.3, 0.4) is 0 Å². The minimum absolute atomic E-state index is 0.307. The lowest BCUT2D eigenvalue weighted by molar-refractivity contribution is -0.137. The van der Waals surface area contributed by atoms with Crippen molar-refractivity contribution in [2.75, 3.05) is 12.0 Å². The van der Waals surface area contributed by atoms with E-state index in [-0.39, 0.29) is 5.69 Å². The highest BCUT2D eigenvalue weighted by atomic mass is 19.4. The number of nitrogens with one attached hydrogen (secondary N) is 1. The van der Waals surface area contributed by atoms with Gasteiger partial charge in [0, 0.05) is 18.5 Å². The number of rotatable bonds is 6. The second-order valence-corrected chi connectivity index (χ2v) is 8.12. The first-order valence-corrected chi connectivity index (χ1v) is 11.1. The average Bonchev–Trinajstić information content (AvgIpc) is 3.30. The number of pyridine rings is 1. The third kappa shape index (κ3) is 5.47. The average molecular weight is 512 g/mol. The first-order valence-electron chi connectivity index (χ1n) is 11.1. The number of nitrogens with zero attached hydrogens (tertiary/aromatic N) is 5. The molecular formula is C25H23F3N6O3. The van der Waals surface area contributed by atoms with Gasteiger partial charge in [0.15, 0.2) is 0 Å². The topological polar surface area (TPSA) is 92.6 Å². The summed E-state index contributed by atoms with van der Waals surface area (Å²) < 4.78 is 47.7. The third-order valence-corrected chi connectivity index (χ3v) is 5.48. The van der Waals surface area contributed by atoms with Crippen molar-refractivity contribution in [2.45, 2.75) is 26.1 Å². The smallest absolute Gasteiger partial charge is 0.418 e. The number of ether oxygens (including phenoxy) is 1. The zero-order chi connectivity index (χ0) is 26.7. The molecule has 12 heteroatoms. The van der Waals surface area contributed by atoms with Crippen molar-refractivity contribution in [3.63, 3.8) is 0 Å². The van der Waals surface area contributed by atoms with Crippen LogP contribution < -0.4 is 15.1 Å². The second-order valence-electron chi connectivity index (χ2n) is 8.12. The molecule has 1 N–H and O–H groups in total. The molecule has 3 aromatic rings. The van der Waals surface area contributed by atoms with Gasteiger partial charge in [0.2, 0.25) is 5.88 Å². The molecule has 0 radical (unpaired) electrons. The fourth-order valence-corrected chi connectivity index (χ4v) is 3.74. The Morgan fingerprint density at radius 2 is 1.92 bits per heavy atom. The van der Waals surface area contributed by atoms with Crippen LogP contribution in [-0.2, 0) is 11.0 Å². The number of benzene rings is 1. The molecule has 1 aliphatic rings. The van der Waals surface area contributed by atoms with E-state index in [1.165, 1.54) is 43.7 Å². The molecule has 3 amide bonds. The molecule has 3 heterocycles. The maximum atomic E-state index is 13.5. The second kappa shape index (κ2) is 10.2. The molecule has 0 bridgehead atoms. The summed E-state index contributed by atoms with van der Waals surface area (Å²) >= 11 is 0. The number of aromatic nitrogens is 3. The van der Waals surface area contributed by atoms with Gasteiger partial charge in [-0.05, 0) is 50.3 Å². The molecule has 1 aromatic carbocycles. The summed E-state index contributed by atoms with van der Waals surface area (Å²) in [6, 6.07) is 6.68. The number of hydrazine groups is 1. The summed E-state index contributed by atoms with van der Waals surface area (Å²) in [6.45, 7) is 3.43. The minimum atomic E-state index is -4.66. The molecule has 1 aliphatic heterocycles. The Kier molecular flexibility index (Phi) is 7.00. The van der Waals surface area contributed by atoms with E-state index in [4.69, 9.17) is 4.74 Å². The summed E-state index contributed by atoms with van der Waals surface area (Å²) in [4.78, 5) is 35.1. The molecule has 192 valence electrons. The van der Waals surface area contributed by atoms with Crippen LogP contribution in [0.15, 0.2) is 67.3 Å². The van der Waals surface area contributed by atoms with Crippen molar-refractivity contribution in [1.29, 1.82) is 0 Å². The molecule has 4 rings (SSSR count). The first-order chi connectivity index (χ1) is 17.6. The SMILES string of the molecule is COc1nc(C=CC(=O)NN2C=CC(C)N(c3ccccc3C(F)(F)F)C2=O)ccc1-n1cnc(C)c1. The zero-order valence-corrected chi connectivity index (χ0v) is 20.1. The number of hydrogen-bond acceptors (Lipinski definition) is 5. The quantitative estimate of drug-likeness (QED) is 0.492. The van der Waals surface area contributed by atoms with E-state index >= 15 is 0 Å². The fourth-order valence-electron chi connectivity index (χ4n) is 3.74. The van der Waals surface area contributed by atoms with Crippen LogP contribution in [0, 0.1) is 6.92 Å². The van der Waals surface area contributed by atoms with Crippen LogP contribution in [0.4, 0.5) is 23.7 Å². The van der Waals surface area contributed by atoms with Crippen LogP contribution in [-0.4, -0.2) is 44.6 Å². The normalized spacial score (nSPS) is 15.9. The molecule has 0 spiro atoms. The highest BCUT2D eigenvalue weighted by molar-refractivity contribution is 5.98. The van der Waals surface area contributed by atoms with E-state index in [2.05, 4.69) is 15.4 Å². The van der Waals surface area contributed by atoms with Crippen molar-refractivity contribution >= 4 is 23.7 Å². The van der Waals surface area contributed by atoms with Gasteiger partial charge in [0.05, 0.1) is 42.1 Å². The van der Waals surface area contributed by atoms with Crippen molar-refractivity contribution in [2.24, 2.45) is 0 Å². The van der Waals surface area contributed by atoms with Gasteiger partial charge in [-0.3, -0.25) is 15.1 Å². The van der Waals surface area contributed by atoms with Gasteiger partial charge in [-0.15, -0.1) is 0 Å². The Balaban J connectivity index is 1.50. The maximum absolute atomic E-state index is 13.5. The summed E-state index contributed by atoms with van der Waals surface area (Å²) in [5, 5.41) is 0.832. The number of alkyl halides is 3. The van der Waals surface area contributed by atoms with E-state index in [0.29, 0.717) is 17.3 Å². The van der Waals surface area contributed by atoms with Crippen molar-refractivity contribution in [3.05, 3.63) is 84.2 Å². The lowest BCUT2D eigenvalue weighted by atomic mass is 10.1. The van der Waals surface area contributed by atoms with Crippen LogP contribution >= 0.6 is 0 Å². The lowest BCUT2D eigenvalue weighted by Crippen LogP contribution is -2.54. The van der Waals surface area contributed by atoms with Crippen molar-refractivity contribution in [1.82, 2.24) is 25.0 Å². The predicted molar refractivity (Wildman–Crippen MR) is 130 cm³/mol. The summed E-state index contributed by atoms with van der Waals surface area (Å²) in [7, 11) is 1.47. The number of para-hydroxylation sites is 1. The van der Waals surface area contributed by atoms with E-state index in [0.717, 1.165) is 27.7 Å². The standard InChI is InChI=1S/C25H23F3N6O3/c1-16-14-32(15-29-16)21-10-8-18(30-23(21)37-3)9-11-22(35)31-33-13-12-17(2)34(24(33)36)20-7-5-4-6-19(20)25(26,27)28/h4-15,17H,1-3H3,(H,31,35). The highest BCUT2D eigenvalue weighted by Gasteiger charge is 2.38. The maximum Gasteiger partial charge on any atom is 0.418 e. The Hall–Kier alpha value is -4.61. The highest BCUT2D eigenvalue weighted by Crippen LogP contribution is 2.38. The molecule has 1 unspecified atom stereocenters. The summed E-state index contributed by atoms with van der Waals surface area (Å²) in [6.07, 6.45) is 4.14. The number of amides is 3. The molecule has 37 heavy (non-hydrogen) atoms. The van der Waals surface area contributed by atoms with E-state index in [1.54, 1.807) is 30.0 Å². The largest absolute Gasteiger partial charge is 0.479 e. The molecule has 2 aromatic heterocycles. The van der Waals surface area contributed by atoms with Crippen molar-refractivity contribution in [3.8, 4) is 11.6 Å². The third-order valence-electron chi connectivity index (χ3n) is 5.48. The van der Waals surface area contributed by atoms with Crippen LogP contribution in [0.25, 0.3) is 11.8 Å². The molecule has 0 saturated carbocycles. The first kappa shape index (κ1) is 25.5. The van der Waals surface area contributed by atoms with Crippen LogP contribution in [0.2, 0.25) is 0 Å². The Morgan fingerprint density at radius 3 is 2.59 bits per heavy atom. The number of urea groups is 1. The number of aryl methyl sites for hydroxylation is 1. The van der Waals surface area contributed by atoms with Gasteiger partial charge in [-0.1, -0.05) is 12.1 Å². The van der Waals surface area contributed by atoms with E-state index in [9.17, 15) is 22.8 Å². The van der Waals surface area contributed by atoms with Crippen LogP contribution in [0.1, 0.15) is 23.9 Å². The number of carbonyl (C=O) groups excluding carboxylic acids is 2. The lowest BCUT2D eigenvalue weighted by Gasteiger charge is -2.36. The van der Waals surface area contributed by atoms with Crippen LogP contribution in [0.5, 0.6) is 5.88 Å². The van der Waals surface area contributed by atoms with E-state index in [1.807, 2.05) is 13.1 Å². The molecule has 0 saturated heterocycles. The Bertz CT molecular complexity index is 1380. The van der Waals surface area contributed by atoms with Gasteiger partial charge in [-0.2, -0.15) is 13.2 Å². The summed E-state index contributed by atoms with van der Waals surface area (Å²) in [5.74, 6) is -0.381.